The fourth-order valence-corrected chi connectivity index (χ4v) is 4.16. The van der Waals surface area contributed by atoms with E-state index in [9.17, 15) is 18.0 Å². The molecule has 0 spiro atoms. The van der Waals surface area contributed by atoms with E-state index in [-0.39, 0.29) is 40.6 Å². The number of halogens is 3. The van der Waals surface area contributed by atoms with Gasteiger partial charge < -0.3 is 14.2 Å². The van der Waals surface area contributed by atoms with Crippen LogP contribution in [-0.2, 0) is 18.5 Å². The maximum Gasteiger partial charge on any atom is 0.416 e. The Balaban J connectivity index is 1.35. The molecule has 0 bridgehead atoms. The molecule has 5 rings (SSSR count). The quantitative estimate of drug-likeness (QED) is 0.276. The van der Waals surface area contributed by atoms with Crippen molar-refractivity contribution < 1.29 is 26.8 Å². The van der Waals surface area contributed by atoms with Gasteiger partial charge in [-0.3, -0.25) is 14.3 Å². The number of carbonyl (C=O) groups is 1. The number of pyridine rings is 1. The maximum absolute atomic E-state index is 13.4. The lowest BCUT2D eigenvalue weighted by Gasteiger charge is -2.12. The van der Waals surface area contributed by atoms with Crippen molar-refractivity contribution in [1.29, 1.82) is 0 Å². The molecule has 188 valence electrons. The summed E-state index contributed by atoms with van der Waals surface area (Å²) in [6.07, 6.45) is -0.230. The third kappa shape index (κ3) is 5.56. The summed E-state index contributed by atoms with van der Waals surface area (Å²) in [5.41, 5.74) is 0.170. The largest absolute Gasteiger partial charge is 0.461 e. The van der Waals surface area contributed by atoms with E-state index >= 15 is 0 Å². The number of rotatable bonds is 8. The van der Waals surface area contributed by atoms with Gasteiger partial charge in [0.1, 0.15) is 6.26 Å². The first-order chi connectivity index (χ1) is 17.9. The van der Waals surface area contributed by atoms with Gasteiger partial charge in [0.2, 0.25) is 11.7 Å². The van der Waals surface area contributed by atoms with Crippen LogP contribution in [0.1, 0.15) is 27.6 Å². The molecule has 37 heavy (non-hydrogen) atoms. The van der Waals surface area contributed by atoms with Gasteiger partial charge in [-0.1, -0.05) is 23.9 Å². The first kappa shape index (κ1) is 24.3. The SMILES string of the molecule is O=C(NCc1ccccn1)c1coc(CSc2nnc(-c3ccco3)n2-c2cccc(C(F)(F)F)c2)n1. The fraction of sp³-hybridized carbons (Fsp3) is 0.125. The molecule has 4 heterocycles. The minimum Gasteiger partial charge on any atom is -0.461 e. The number of hydrogen-bond donors (Lipinski definition) is 1. The van der Waals surface area contributed by atoms with E-state index in [1.807, 2.05) is 6.07 Å². The van der Waals surface area contributed by atoms with Crippen LogP contribution in [0.5, 0.6) is 0 Å². The number of oxazole rings is 1. The Bertz CT molecular complexity index is 1500. The van der Waals surface area contributed by atoms with Crippen LogP contribution in [0.3, 0.4) is 0 Å². The summed E-state index contributed by atoms with van der Waals surface area (Å²) in [6, 6.07) is 13.5. The van der Waals surface area contributed by atoms with E-state index in [0.717, 1.165) is 23.9 Å². The Morgan fingerprint density at radius 3 is 2.70 bits per heavy atom. The van der Waals surface area contributed by atoms with Crippen molar-refractivity contribution in [3.63, 3.8) is 0 Å². The summed E-state index contributed by atoms with van der Waals surface area (Å²) in [5, 5.41) is 11.3. The van der Waals surface area contributed by atoms with Gasteiger partial charge in [-0.15, -0.1) is 10.2 Å². The Kier molecular flexibility index (Phi) is 6.77. The van der Waals surface area contributed by atoms with Gasteiger partial charge in [0.05, 0.1) is 35.5 Å². The van der Waals surface area contributed by atoms with Crippen molar-refractivity contribution in [2.75, 3.05) is 0 Å². The van der Waals surface area contributed by atoms with E-state index in [2.05, 4.69) is 25.5 Å². The summed E-state index contributed by atoms with van der Waals surface area (Å²) in [6.45, 7) is 0.228. The lowest BCUT2D eigenvalue weighted by Crippen LogP contribution is -2.23. The molecule has 0 aliphatic carbocycles. The number of carbonyl (C=O) groups excluding carboxylic acids is 1. The van der Waals surface area contributed by atoms with Gasteiger partial charge in [0.15, 0.2) is 16.6 Å². The Labute approximate surface area is 211 Å². The molecule has 0 saturated heterocycles. The predicted molar refractivity (Wildman–Crippen MR) is 126 cm³/mol. The van der Waals surface area contributed by atoms with Gasteiger partial charge in [0, 0.05) is 6.20 Å². The highest BCUT2D eigenvalue weighted by atomic mass is 32.2. The van der Waals surface area contributed by atoms with E-state index in [0.29, 0.717) is 11.5 Å². The van der Waals surface area contributed by atoms with Crippen LogP contribution < -0.4 is 5.32 Å². The average Bonchev–Trinajstić information content (AvgIpc) is 3.67. The molecular weight excluding hydrogens is 509 g/mol. The lowest BCUT2D eigenvalue weighted by molar-refractivity contribution is -0.137. The van der Waals surface area contributed by atoms with Crippen LogP contribution in [0.15, 0.2) is 87.3 Å². The number of alkyl halides is 3. The third-order valence-corrected chi connectivity index (χ3v) is 5.99. The molecule has 1 aromatic carbocycles. The summed E-state index contributed by atoms with van der Waals surface area (Å²) in [4.78, 5) is 20.7. The zero-order chi connectivity index (χ0) is 25.8. The van der Waals surface area contributed by atoms with Crippen molar-refractivity contribution in [3.8, 4) is 17.3 Å². The molecule has 0 radical (unpaired) electrons. The van der Waals surface area contributed by atoms with Crippen LogP contribution in [0.2, 0.25) is 0 Å². The normalized spacial score (nSPS) is 11.5. The van der Waals surface area contributed by atoms with Crippen LogP contribution in [-0.4, -0.2) is 30.6 Å². The van der Waals surface area contributed by atoms with Crippen LogP contribution in [0.4, 0.5) is 13.2 Å². The highest BCUT2D eigenvalue weighted by molar-refractivity contribution is 7.98. The van der Waals surface area contributed by atoms with Crippen molar-refractivity contribution in [2.24, 2.45) is 0 Å². The summed E-state index contributed by atoms with van der Waals surface area (Å²) < 4.78 is 52.3. The molecule has 0 unspecified atom stereocenters. The van der Waals surface area contributed by atoms with Gasteiger partial charge >= 0.3 is 6.18 Å². The van der Waals surface area contributed by atoms with Crippen molar-refractivity contribution >= 4 is 17.7 Å². The highest BCUT2D eigenvalue weighted by Gasteiger charge is 2.31. The number of aromatic nitrogens is 5. The topological polar surface area (TPSA) is 112 Å². The van der Waals surface area contributed by atoms with E-state index < -0.39 is 17.6 Å². The Morgan fingerprint density at radius 1 is 1.05 bits per heavy atom. The monoisotopic (exact) mass is 526 g/mol. The molecule has 5 aromatic rings. The molecule has 0 fully saturated rings. The fourth-order valence-electron chi connectivity index (χ4n) is 3.35. The van der Waals surface area contributed by atoms with Gasteiger partial charge in [-0.05, 0) is 42.5 Å². The number of nitrogens with zero attached hydrogens (tertiary/aromatic N) is 5. The summed E-state index contributed by atoms with van der Waals surface area (Å²) in [7, 11) is 0. The third-order valence-electron chi connectivity index (χ3n) is 5.07. The highest BCUT2D eigenvalue weighted by Crippen LogP contribution is 2.34. The first-order valence-electron chi connectivity index (χ1n) is 10.8. The molecule has 0 aliphatic rings. The van der Waals surface area contributed by atoms with E-state index in [1.54, 1.807) is 30.5 Å². The molecule has 4 aromatic heterocycles. The number of amides is 1. The van der Waals surface area contributed by atoms with E-state index in [4.69, 9.17) is 8.83 Å². The Morgan fingerprint density at radius 2 is 1.95 bits per heavy atom. The van der Waals surface area contributed by atoms with Gasteiger partial charge in [-0.2, -0.15) is 13.2 Å². The number of furan rings is 1. The smallest absolute Gasteiger partial charge is 0.416 e. The molecule has 1 amide bonds. The number of thioether (sulfide) groups is 1. The minimum absolute atomic E-state index is 0.0853. The first-order valence-corrected chi connectivity index (χ1v) is 11.8. The predicted octanol–water partition coefficient (Wildman–Crippen LogP) is 5.15. The second-order valence-electron chi connectivity index (χ2n) is 7.59. The number of benzene rings is 1. The number of nitrogens with one attached hydrogen (secondary N) is 1. The average molecular weight is 527 g/mol. The van der Waals surface area contributed by atoms with Crippen molar-refractivity contribution in [1.82, 2.24) is 30.0 Å². The zero-order valence-corrected chi connectivity index (χ0v) is 19.7. The second-order valence-corrected chi connectivity index (χ2v) is 8.53. The molecule has 0 saturated carbocycles. The van der Waals surface area contributed by atoms with Gasteiger partial charge in [-0.25, -0.2) is 4.98 Å². The van der Waals surface area contributed by atoms with Crippen molar-refractivity contribution in [3.05, 3.63) is 96.2 Å². The lowest BCUT2D eigenvalue weighted by atomic mass is 10.2. The summed E-state index contributed by atoms with van der Waals surface area (Å²) >= 11 is 1.13. The van der Waals surface area contributed by atoms with Crippen molar-refractivity contribution in [2.45, 2.75) is 23.6 Å². The van der Waals surface area contributed by atoms with Crippen LogP contribution >= 0.6 is 11.8 Å². The number of hydrogen-bond acceptors (Lipinski definition) is 8. The molecule has 9 nitrogen and oxygen atoms in total. The molecule has 13 heteroatoms. The molecule has 0 atom stereocenters. The van der Waals surface area contributed by atoms with E-state index in [1.165, 1.54) is 29.2 Å². The maximum atomic E-state index is 13.4. The Hall–Kier alpha value is -4.39. The van der Waals surface area contributed by atoms with Crippen LogP contribution in [0, 0.1) is 0 Å². The zero-order valence-electron chi connectivity index (χ0n) is 18.8. The molecule has 0 aliphatic heterocycles. The van der Waals surface area contributed by atoms with Gasteiger partial charge in [0.25, 0.3) is 5.91 Å². The molecular formula is C24H17F3N6O3S. The van der Waals surface area contributed by atoms with Crippen LogP contribution in [0.25, 0.3) is 17.3 Å². The molecule has 1 N–H and O–H groups in total. The minimum atomic E-state index is -4.52. The second kappa shape index (κ2) is 10.3. The summed E-state index contributed by atoms with van der Waals surface area (Å²) in [5.74, 6) is 0.501. The standard InChI is InChI=1S/C24H17F3N6O3S/c25-24(26,27)15-5-3-7-17(11-15)33-21(19-8-4-10-35-19)31-32-23(33)37-14-20-30-18(13-36-20)22(34)29-12-16-6-1-2-9-28-16/h1-11,13H,12,14H2,(H,29,34).